The molecular weight excluding hydrogens is 226 g/mol. The zero-order valence-electron chi connectivity index (χ0n) is 10.7. The quantitative estimate of drug-likeness (QED) is 0.897. The number of aryl methyl sites for hydroxylation is 3. The average Bonchev–Trinajstić information content (AvgIpc) is 2.84. The van der Waals surface area contributed by atoms with Crippen molar-refractivity contribution < 1.29 is 4.79 Å². The maximum absolute atomic E-state index is 11.8. The molecule has 0 aliphatic heterocycles. The van der Waals surface area contributed by atoms with Crippen LogP contribution in [0.4, 0.5) is 5.69 Å². The molecule has 4 nitrogen and oxygen atoms in total. The van der Waals surface area contributed by atoms with E-state index in [9.17, 15) is 4.79 Å². The Balaban J connectivity index is 1.88. The van der Waals surface area contributed by atoms with Crippen molar-refractivity contribution in [3.8, 4) is 0 Å². The molecule has 0 saturated carbocycles. The van der Waals surface area contributed by atoms with Crippen molar-refractivity contribution in [1.29, 1.82) is 0 Å². The number of nitrogens with one attached hydrogen (secondary N) is 1. The summed E-state index contributed by atoms with van der Waals surface area (Å²) in [4.78, 5) is 15.7. The van der Waals surface area contributed by atoms with Gasteiger partial charge in [0.1, 0.15) is 0 Å². The van der Waals surface area contributed by atoms with Gasteiger partial charge in [-0.3, -0.25) is 4.79 Å². The van der Waals surface area contributed by atoms with Gasteiger partial charge in [-0.15, -0.1) is 0 Å². The van der Waals surface area contributed by atoms with Crippen LogP contribution in [0.3, 0.4) is 0 Å². The van der Waals surface area contributed by atoms with Crippen molar-refractivity contribution in [3.05, 3.63) is 48.0 Å². The van der Waals surface area contributed by atoms with Gasteiger partial charge in [-0.05, 0) is 37.1 Å². The Kier molecular flexibility index (Phi) is 3.77. The van der Waals surface area contributed by atoms with E-state index in [1.54, 1.807) is 12.5 Å². The molecule has 0 saturated heterocycles. The highest BCUT2D eigenvalue weighted by Gasteiger charge is 2.03. The van der Waals surface area contributed by atoms with Crippen LogP contribution in [0, 0.1) is 13.8 Å². The van der Waals surface area contributed by atoms with Crippen LogP contribution < -0.4 is 5.32 Å². The van der Waals surface area contributed by atoms with Crippen molar-refractivity contribution in [3.63, 3.8) is 0 Å². The molecule has 1 aromatic heterocycles. The molecule has 0 spiro atoms. The van der Waals surface area contributed by atoms with Gasteiger partial charge in [-0.25, -0.2) is 4.98 Å². The summed E-state index contributed by atoms with van der Waals surface area (Å²) in [7, 11) is 0. The molecule has 1 aromatic carbocycles. The first-order valence-corrected chi connectivity index (χ1v) is 5.98. The summed E-state index contributed by atoms with van der Waals surface area (Å²) in [5.41, 5.74) is 3.27. The Morgan fingerprint density at radius 3 is 2.83 bits per heavy atom. The summed E-state index contributed by atoms with van der Waals surface area (Å²) in [5, 5.41) is 2.90. The van der Waals surface area contributed by atoms with Gasteiger partial charge >= 0.3 is 0 Å². The minimum absolute atomic E-state index is 0.0203. The molecule has 1 heterocycles. The van der Waals surface area contributed by atoms with Gasteiger partial charge in [0.2, 0.25) is 5.91 Å². The first kappa shape index (κ1) is 12.4. The highest BCUT2D eigenvalue weighted by molar-refractivity contribution is 5.90. The minimum atomic E-state index is 0.0203. The molecule has 0 unspecified atom stereocenters. The van der Waals surface area contributed by atoms with E-state index in [0.29, 0.717) is 13.0 Å². The second-order valence-corrected chi connectivity index (χ2v) is 4.40. The molecule has 1 N–H and O–H groups in total. The maximum Gasteiger partial charge on any atom is 0.226 e. The van der Waals surface area contributed by atoms with Crippen molar-refractivity contribution in [2.24, 2.45) is 0 Å². The number of hydrogen-bond donors (Lipinski definition) is 1. The molecule has 0 radical (unpaired) electrons. The smallest absolute Gasteiger partial charge is 0.226 e. The standard InChI is InChI=1S/C14H17N3O/c1-11-3-4-13(9-12(11)2)16-14(18)5-7-17-8-6-15-10-17/h3-4,6,8-10H,5,7H2,1-2H3,(H,16,18). The van der Waals surface area contributed by atoms with Crippen LogP contribution in [0.2, 0.25) is 0 Å². The predicted octanol–water partition coefficient (Wildman–Crippen LogP) is 2.53. The summed E-state index contributed by atoms with van der Waals surface area (Å²) in [6, 6.07) is 5.93. The van der Waals surface area contributed by atoms with Gasteiger partial charge < -0.3 is 9.88 Å². The number of hydrogen-bond acceptors (Lipinski definition) is 2. The maximum atomic E-state index is 11.8. The first-order valence-electron chi connectivity index (χ1n) is 5.98. The van der Waals surface area contributed by atoms with Gasteiger partial charge in [0.25, 0.3) is 0 Å². The van der Waals surface area contributed by atoms with Crippen LogP contribution in [0.15, 0.2) is 36.9 Å². The Labute approximate surface area is 107 Å². The summed E-state index contributed by atoms with van der Waals surface area (Å²) in [6.07, 6.45) is 5.72. The zero-order valence-corrected chi connectivity index (χ0v) is 10.7. The second kappa shape index (κ2) is 5.49. The fraction of sp³-hybridized carbons (Fsp3) is 0.286. The third-order valence-corrected chi connectivity index (χ3v) is 2.95. The third-order valence-electron chi connectivity index (χ3n) is 2.95. The summed E-state index contributed by atoms with van der Waals surface area (Å²) in [5.74, 6) is 0.0203. The molecule has 1 amide bonds. The molecule has 0 aliphatic carbocycles. The monoisotopic (exact) mass is 243 g/mol. The predicted molar refractivity (Wildman–Crippen MR) is 71.4 cm³/mol. The van der Waals surface area contributed by atoms with Crippen LogP contribution in [0.1, 0.15) is 17.5 Å². The lowest BCUT2D eigenvalue weighted by Crippen LogP contribution is -2.14. The van der Waals surface area contributed by atoms with Crippen LogP contribution in [-0.2, 0) is 11.3 Å². The molecule has 2 aromatic rings. The van der Waals surface area contributed by atoms with E-state index in [2.05, 4.69) is 17.2 Å². The van der Waals surface area contributed by atoms with E-state index in [1.165, 1.54) is 11.1 Å². The van der Waals surface area contributed by atoms with Crippen molar-refractivity contribution in [1.82, 2.24) is 9.55 Å². The Hall–Kier alpha value is -2.10. The molecule has 94 valence electrons. The summed E-state index contributed by atoms with van der Waals surface area (Å²) < 4.78 is 1.89. The van der Waals surface area contributed by atoms with Crippen molar-refractivity contribution >= 4 is 11.6 Å². The highest BCUT2D eigenvalue weighted by atomic mass is 16.1. The Morgan fingerprint density at radius 1 is 1.33 bits per heavy atom. The molecule has 0 bridgehead atoms. The first-order chi connectivity index (χ1) is 8.65. The van der Waals surface area contributed by atoms with Crippen LogP contribution in [0.5, 0.6) is 0 Å². The lowest BCUT2D eigenvalue weighted by atomic mass is 10.1. The zero-order chi connectivity index (χ0) is 13.0. The number of imidazole rings is 1. The summed E-state index contributed by atoms with van der Waals surface area (Å²) in [6.45, 7) is 4.74. The number of amides is 1. The van der Waals surface area contributed by atoms with E-state index in [4.69, 9.17) is 0 Å². The number of aromatic nitrogens is 2. The molecule has 0 aliphatic rings. The van der Waals surface area contributed by atoms with E-state index >= 15 is 0 Å². The van der Waals surface area contributed by atoms with E-state index < -0.39 is 0 Å². The average molecular weight is 243 g/mol. The van der Waals surface area contributed by atoms with Crippen molar-refractivity contribution in [2.45, 2.75) is 26.8 Å². The SMILES string of the molecule is Cc1ccc(NC(=O)CCn2ccnc2)cc1C. The molecular formula is C14H17N3O. The van der Waals surface area contributed by atoms with E-state index in [-0.39, 0.29) is 5.91 Å². The Morgan fingerprint density at radius 2 is 2.17 bits per heavy atom. The minimum Gasteiger partial charge on any atom is -0.337 e. The van der Waals surface area contributed by atoms with Crippen molar-refractivity contribution in [2.75, 3.05) is 5.32 Å². The lowest BCUT2D eigenvalue weighted by molar-refractivity contribution is -0.116. The lowest BCUT2D eigenvalue weighted by Gasteiger charge is -2.08. The van der Waals surface area contributed by atoms with Gasteiger partial charge in [0.15, 0.2) is 0 Å². The highest BCUT2D eigenvalue weighted by Crippen LogP contribution is 2.14. The largest absolute Gasteiger partial charge is 0.337 e. The molecule has 4 heteroatoms. The summed E-state index contributed by atoms with van der Waals surface area (Å²) >= 11 is 0. The third kappa shape index (κ3) is 3.20. The number of carbonyl (C=O) groups excluding carboxylic acids is 1. The molecule has 0 atom stereocenters. The molecule has 0 fully saturated rings. The molecule has 2 rings (SSSR count). The van der Waals surface area contributed by atoms with Crippen LogP contribution in [0.25, 0.3) is 0 Å². The fourth-order valence-corrected chi connectivity index (χ4v) is 1.69. The van der Waals surface area contributed by atoms with Gasteiger partial charge in [-0.1, -0.05) is 6.07 Å². The van der Waals surface area contributed by atoms with E-state index in [0.717, 1.165) is 5.69 Å². The number of carbonyl (C=O) groups is 1. The van der Waals surface area contributed by atoms with Crippen LogP contribution >= 0.6 is 0 Å². The topological polar surface area (TPSA) is 46.9 Å². The number of rotatable bonds is 4. The second-order valence-electron chi connectivity index (χ2n) is 4.40. The van der Waals surface area contributed by atoms with Gasteiger partial charge in [0, 0.05) is 31.0 Å². The van der Waals surface area contributed by atoms with Crippen LogP contribution in [-0.4, -0.2) is 15.5 Å². The molecule has 18 heavy (non-hydrogen) atoms. The van der Waals surface area contributed by atoms with Gasteiger partial charge in [0.05, 0.1) is 6.33 Å². The normalized spacial score (nSPS) is 10.3. The van der Waals surface area contributed by atoms with Gasteiger partial charge in [-0.2, -0.15) is 0 Å². The number of nitrogens with zero attached hydrogens (tertiary/aromatic N) is 2. The fourth-order valence-electron chi connectivity index (χ4n) is 1.69. The number of benzene rings is 1. The van der Waals surface area contributed by atoms with E-state index in [1.807, 2.05) is 35.9 Å². The Bertz CT molecular complexity index is 532. The number of anilines is 1.